The molecule has 1 unspecified atom stereocenters. The molecule has 1 N–H and O–H groups in total. The van der Waals surface area contributed by atoms with Gasteiger partial charge in [0.2, 0.25) is 0 Å². The smallest absolute Gasteiger partial charge is 0.185 e. The van der Waals surface area contributed by atoms with E-state index in [1.807, 2.05) is 0 Å². The number of hydrogen-bond acceptors (Lipinski definition) is 4. The van der Waals surface area contributed by atoms with Crippen molar-refractivity contribution >= 4 is 16.5 Å². The van der Waals surface area contributed by atoms with Crippen LogP contribution in [0.4, 0.5) is 5.13 Å². The number of aromatic nitrogens is 1. The first-order chi connectivity index (χ1) is 7.70. The largest absolute Gasteiger partial charge is 0.351 e. The van der Waals surface area contributed by atoms with Crippen molar-refractivity contribution in [1.29, 1.82) is 0 Å². The zero-order valence-electron chi connectivity index (χ0n) is 10.4. The molecule has 1 aromatic rings. The summed E-state index contributed by atoms with van der Waals surface area (Å²) in [5, 5.41) is 6.72. The van der Waals surface area contributed by atoms with Crippen LogP contribution in [0.5, 0.6) is 0 Å². The molecule has 0 radical (unpaired) electrons. The number of rotatable bonds is 6. The summed E-state index contributed by atoms with van der Waals surface area (Å²) >= 11 is 1.76. The van der Waals surface area contributed by atoms with Crippen molar-refractivity contribution in [3.63, 3.8) is 0 Å². The molecule has 90 valence electrons. The molecule has 1 aliphatic rings. The molecule has 1 atom stereocenters. The molecule has 1 aliphatic carbocycles. The predicted octanol–water partition coefficient (Wildman–Crippen LogP) is 2.66. The highest BCUT2D eigenvalue weighted by Crippen LogP contribution is 2.32. The van der Waals surface area contributed by atoms with E-state index in [0.717, 1.165) is 17.6 Å². The van der Waals surface area contributed by atoms with E-state index in [4.69, 9.17) is 4.98 Å². The minimum absolute atomic E-state index is 0.365. The molecule has 16 heavy (non-hydrogen) atoms. The van der Waals surface area contributed by atoms with E-state index >= 15 is 0 Å². The lowest BCUT2D eigenvalue weighted by molar-refractivity contribution is 0.586. The Balaban J connectivity index is 1.94. The standard InChI is InChI=1S/C12H21N3S/c1-4-13-9(2)11-8-16-12(14-11)15(3)7-10-5-6-10/h8-10,13H,4-7H2,1-3H3. The Morgan fingerprint density at radius 3 is 3.00 bits per heavy atom. The normalized spacial score (nSPS) is 17.4. The summed E-state index contributed by atoms with van der Waals surface area (Å²) in [7, 11) is 2.15. The molecule has 0 amide bonds. The maximum atomic E-state index is 4.69. The van der Waals surface area contributed by atoms with Crippen molar-refractivity contribution in [2.45, 2.75) is 32.7 Å². The molecule has 0 aromatic carbocycles. The molecule has 2 rings (SSSR count). The van der Waals surface area contributed by atoms with Gasteiger partial charge in [0.05, 0.1) is 5.69 Å². The van der Waals surface area contributed by atoms with Gasteiger partial charge in [-0.2, -0.15) is 0 Å². The van der Waals surface area contributed by atoms with Gasteiger partial charge in [-0.25, -0.2) is 4.98 Å². The van der Waals surface area contributed by atoms with E-state index in [9.17, 15) is 0 Å². The van der Waals surface area contributed by atoms with Gasteiger partial charge in [-0.1, -0.05) is 6.92 Å². The molecular formula is C12H21N3S. The molecule has 3 nitrogen and oxygen atoms in total. The van der Waals surface area contributed by atoms with Crippen LogP contribution in [0.3, 0.4) is 0 Å². The minimum Gasteiger partial charge on any atom is -0.351 e. The molecular weight excluding hydrogens is 218 g/mol. The molecule has 0 aliphatic heterocycles. The van der Waals surface area contributed by atoms with Gasteiger partial charge in [-0.3, -0.25) is 0 Å². The quantitative estimate of drug-likeness (QED) is 0.827. The summed E-state index contributed by atoms with van der Waals surface area (Å²) in [4.78, 5) is 6.99. The highest BCUT2D eigenvalue weighted by Gasteiger charge is 2.24. The third-order valence-electron chi connectivity index (χ3n) is 3.02. The second-order valence-corrected chi connectivity index (χ2v) is 5.49. The molecule has 4 heteroatoms. The Morgan fingerprint density at radius 2 is 2.38 bits per heavy atom. The van der Waals surface area contributed by atoms with Crippen molar-refractivity contribution < 1.29 is 0 Å². The Hall–Kier alpha value is -0.610. The first-order valence-electron chi connectivity index (χ1n) is 6.10. The summed E-state index contributed by atoms with van der Waals surface area (Å²) in [5.41, 5.74) is 1.17. The predicted molar refractivity (Wildman–Crippen MR) is 70.2 cm³/mol. The molecule has 0 bridgehead atoms. The van der Waals surface area contributed by atoms with E-state index in [1.54, 1.807) is 11.3 Å². The fraction of sp³-hybridized carbons (Fsp3) is 0.750. The van der Waals surface area contributed by atoms with Gasteiger partial charge in [0.1, 0.15) is 0 Å². The highest BCUT2D eigenvalue weighted by molar-refractivity contribution is 7.13. The zero-order chi connectivity index (χ0) is 11.5. The second-order valence-electron chi connectivity index (χ2n) is 4.66. The van der Waals surface area contributed by atoms with Gasteiger partial charge in [0, 0.05) is 25.0 Å². The summed E-state index contributed by atoms with van der Waals surface area (Å²) in [6.45, 7) is 6.46. The summed E-state index contributed by atoms with van der Waals surface area (Å²) < 4.78 is 0. The van der Waals surface area contributed by atoms with Crippen molar-refractivity contribution in [3.05, 3.63) is 11.1 Å². The van der Waals surface area contributed by atoms with Crippen LogP contribution in [0.15, 0.2) is 5.38 Å². The zero-order valence-corrected chi connectivity index (χ0v) is 11.2. The van der Waals surface area contributed by atoms with Crippen LogP contribution in [0.2, 0.25) is 0 Å². The van der Waals surface area contributed by atoms with Crippen LogP contribution in [0.25, 0.3) is 0 Å². The molecule has 1 saturated carbocycles. The summed E-state index contributed by atoms with van der Waals surface area (Å²) in [5.74, 6) is 0.920. The Kier molecular flexibility index (Phi) is 3.82. The summed E-state index contributed by atoms with van der Waals surface area (Å²) in [6, 6.07) is 0.365. The molecule has 1 aromatic heterocycles. The molecule has 1 fully saturated rings. The molecule has 0 saturated heterocycles. The Bertz CT molecular complexity index is 333. The fourth-order valence-corrected chi connectivity index (χ4v) is 2.72. The van der Waals surface area contributed by atoms with Gasteiger partial charge in [-0.05, 0) is 32.2 Å². The maximum absolute atomic E-state index is 4.69. The summed E-state index contributed by atoms with van der Waals surface area (Å²) in [6.07, 6.45) is 2.80. The molecule has 0 spiro atoms. The average molecular weight is 239 g/mol. The van der Waals surface area contributed by atoms with Crippen LogP contribution < -0.4 is 10.2 Å². The van der Waals surface area contributed by atoms with Crippen molar-refractivity contribution in [2.75, 3.05) is 25.0 Å². The number of nitrogens with zero attached hydrogens (tertiary/aromatic N) is 2. The van der Waals surface area contributed by atoms with Gasteiger partial charge in [0.25, 0.3) is 0 Å². The Labute approximate surface area is 102 Å². The first-order valence-corrected chi connectivity index (χ1v) is 6.98. The van der Waals surface area contributed by atoms with Crippen LogP contribution in [0, 0.1) is 5.92 Å². The number of nitrogens with one attached hydrogen (secondary N) is 1. The van der Waals surface area contributed by atoms with Gasteiger partial charge < -0.3 is 10.2 Å². The number of hydrogen-bond donors (Lipinski definition) is 1. The third-order valence-corrected chi connectivity index (χ3v) is 3.99. The molecule has 1 heterocycles. The van der Waals surface area contributed by atoms with Gasteiger partial charge >= 0.3 is 0 Å². The second kappa shape index (κ2) is 5.15. The lowest BCUT2D eigenvalue weighted by atomic mass is 10.3. The Morgan fingerprint density at radius 1 is 1.62 bits per heavy atom. The van der Waals surface area contributed by atoms with Crippen molar-refractivity contribution in [3.8, 4) is 0 Å². The van der Waals surface area contributed by atoms with E-state index in [1.165, 1.54) is 25.1 Å². The van der Waals surface area contributed by atoms with Crippen LogP contribution in [-0.4, -0.2) is 25.1 Å². The highest BCUT2D eigenvalue weighted by atomic mass is 32.1. The lowest BCUT2D eigenvalue weighted by Crippen LogP contribution is -2.21. The topological polar surface area (TPSA) is 28.2 Å². The van der Waals surface area contributed by atoms with E-state index in [-0.39, 0.29) is 0 Å². The van der Waals surface area contributed by atoms with Crippen LogP contribution in [0.1, 0.15) is 38.4 Å². The average Bonchev–Trinajstić information content (AvgIpc) is 2.93. The monoisotopic (exact) mass is 239 g/mol. The van der Waals surface area contributed by atoms with Gasteiger partial charge in [-0.15, -0.1) is 11.3 Å². The van der Waals surface area contributed by atoms with E-state index in [2.05, 4.69) is 36.5 Å². The van der Waals surface area contributed by atoms with Crippen LogP contribution >= 0.6 is 11.3 Å². The van der Waals surface area contributed by atoms with Crippen molar-refractivity contribution in [2.24, 2.45) is 5.92 Å². The first kappa shape index (κ1) is 11.9. The fourth-order valence-electron chi connectivity index (χ4n) is 1.83. The number of anilines is 1. The van der Waals surface area contributed by atoms with Crippen molar-refractivity contribution in [1.82, 2.24) is 10.3 Å². The lowest BCUT2D eigenvalue weighted by Gasteiger charge is -2.15. The maximum Gasteiger partial charge on any atom is 0.185 e. The van der Waals surface area contributed by atoms with Gasteiger partial charge in [0.15, 0.2) is 5.13 Å². The SMILES string of the molecule is CCNC(C)c1csc(N(C)CC2CC2)n1. The van der Waals surface area contributed by atoms with Crippen LogP contribution in [-0.2, 0) is 0 Å². The third kappa shape index (κ3) is 2.95. The van der Waals surface area contributed by atoms with E-state index < -0.39 is 0 Å². The van der Waals surface area contributed by atoms with E-state index in [0.29, 0.717) is 6.04 Å². The number of thiazole rings is 1. The minimum atomic E-state index is 0.365.